The van der Waals surface area contributed by atoms with Crippen molar-refractivity contribution in [2.24, 2.45) is 7.05 Å². The zero-order chi connectivity index (χ0) is 22.9. The van der Waals surface area contributed by atoms with Crippen molar-refractivity contribution in [3.05, 3.63) is 64.6 Å². The van der Waals surface area contributed by atoms with Crippen molar-refractivity contribution in [3.8, 4) is 11.3 Å². The Morgan fingerprint density at radius 1 is 1.22 bits per heavy atom. The van der Waals surface area contributed by atoms with E-state index in [2.05, 4.69) is 20.4 Å². The Balaban J connectivity index is 1.45. The molecular weight excluding hydrogens is 430 g/mol. The van der Waals surface area contributed by atoms with E-state index in [1.807, 2.05) is 0 Å². The number of aryl methyl sites for hydroxylation is 1. The number of hydrogen-bond acceptors (Lipinski definition) is 5. The number of ether oxygens (including phenoxy) is 1. The fraction of sp³-hybridized carbons (Fsp3) is 0.333. The fourth-order valence-corrected chi connectivity index (χ4v) is 3.45. The first-order valence-electron chi connectivity index (χ1n) is 9.84. The van der Waals surface area contributed by atoms with Crippen molar-refractivity contribution in [2.75, 3.05) is 13.2 Å². The maximum absolute atomic E-state index is 13.4. The van der Waals surface area contributed by atoms with Gasteiger partial charge in [-0.05, 0) is 30.3 Å². The lowest BCUT2D eigenvalue weighted by Gasteiger charge is -2.20. The Morgan fingerprint density at radius 2 is 1.97 bits per heavy atom. The molecule has 0 radical (unpaired) electrons. The normalized spacial score (nSPS) is 13.7. The highest BCUT2D eigenvalue weighted by Gasteiger charge is 2.38. The largest absolute Gasteiger partial charge is 0.433 e. The van der Waals surface area contributed by atoms with Gasteiger partial charge in [-0.2, -0.15) is 18.3 Å². The lowest BCUT2D eigenvalue weighted by atomic mass is 10.1. The van der Waals surface area contributed by atoms with Crippen molar-refractivity contribution in [2.45, 2.75) is 25.6 Å². The lowest BCUT2D eigenvalue weighted by Crippen LogP contribution is -2.29. The van der Waals surface area contributed by atoms with Crippen molar-refractivity contribution in [1.82, 2.24) is 25.1 Å². The molecule has 0 saturated carbocycles. The Kier molecular flexibility index (Phi) is 5.92. The average molecular weight is 449 g/mol. The number of alkyl halides is 3. The van der Waals surface area contributed by atoms with Gasteiger partial charge in [-0.3, -0.25) is 9.48 Å². The highest BCUT2D eigenvalue weighted by atomic mass is 19.4. The van der Waals surface area contributed by atoms with Gasteiger partial charge in [0, 0.05) is 37.6 Å². The van der Waals surface area contributed by atoms with Gasteiger partial charge in [-0.15, -0.1) is 0 Å². The summed E-state index contributed by atoms with van der Waals surface area (Å²) in [4.78, 5) is 20.5. The third-order valence-corrected chi connectivity index (χ3v) is 5.02. The summed E-state index contributed by atoms with van der Waals surface area (Å²) in [7, 11) is 1.59. The molecule has 4 rings (SSSR count). The Hall–Kier alpha value is -3.34. The van der Waals surface area contributed by atoms with E-state index in [1.165, 1.54) is 16.8 Å². The van der Waals surface area contributed by atoms with Gasteiger partial charge in [-0.25, -0.2) is 14.4 Å². The van der Waals surface area contributed by atoms with Gasteiger partial charge in [0.05, 0.1) is 24.6 Å². The molecule has 1 amide bonds. The first-order valence-corrected chi connectivity index (χ1v) is 9.84. The molecule has 0 spiro atoms. The summed E-state index contributed by atoms with van der Waals surface area (Å²) in [5.74, 6) is -0.820. The molecule has 3 heterocycles. The number of carbonyl (C=O) groups is 1. The Labute approximate surface area is 180 Å². The quantitative estimate of drug-likeness (QED) is 0.606. The van der Waals surface area contributed by atoms with E-state index >= 15 is 0 Å². The second-order valence-corrected chi connectivity index (χ2v) is 7.27. The molecule has 0 aliphatic carbocycles. The number of nitrogens with zero attached hydrogens (tertiary/aromatic N) is 4. The Morgan fingerprint density at radius 3 is 2.69 bits per heavy atom. The van der Waals surface area contributed by atoms with Crippen molar-refractivity contribution >= 4 is 5.91 Å². The number of benzene rings is 1. The molecule has 0 fully saturated rings. The van der Waals surface area contributed by atoms with Crippen LogP contribution in [0.1, 0.15) is 33.3 Å². The minimum atomic E-state index is -4.61. The number of halogens is 4. The molecular formula is C21H19F4N5O2. The van der Waals surface area contributed by atoms with Crippen LogP contribution in [0.3, 0.4) is 0 Å². The van der Waals surface area contributed by atoms with Crippen LogP contribution in [0.25, 0.3) is 11.3 Å². The second-order valence-electron chi connectivity index (χ2n) is 7.27. The van der Waals surface area contributed by atoms with E-state index in [0.717, 1.165) is 0 Å². The minimum absolute atomic E-state index is 0.00952. The van der Waals surface area contributed by atoms with Gasteiger partial charge in [0.15, 0.2) is 5.69 Å². The fourth-order valence-electron chi connectivity index (χ4n) is 3.45. The van der Waals surface area contributed by atoms with Gasteiger partial charge in [0.2, 0.25) is 0 Å². The highest BCUT2D eigenvalue weighted by Crippen LogP contribution is 2.33. The van der Waals surface area contributed by atoms with Crippen molar-refractivity contribution in [1.29, 1.82) is 0 Å². The highest BCUT2D eigenvalue weighted by molar-refractivity contribution is 5.93. The summed E-state index contributed by atoms with van der Waals surface area (Å²) in [6.07, 6.45) is -4.30. The van der Waals surface area contributed by atoms with Crippen LogP contribution in [0.4, 0.5) is 17.6 Å². The lowest BCUT2D eigenvalue weighted by molar-refractivity contribution is -0.143. The van der Waals surface area contributed by atoms with Gasteiger partial charge in [-0.1, -0.05) is 0 Å². The summed E-state index contributed by atoms with van der Waals surface area (Å²) < 4.78 is 59.8. The topological polar surface area (TPSA) is 81.9 Å². The number of carbonyl (C=O) groups excluding carboxylic acids is 1. The van der Waals surface area contributed by atoms with Crippen molar-refractivity contribution in [3.63, 3.8) is 0 Å². The molecule has 32 heavy (non-hydrogen) atoms. The van der Waals surface area contributed by atoms with Crippen LogP contribution in [0.5, 0.6) is 0 Å². The molecule has 0 unspecified atom stereocenters. The van der Waals surface area contributed by atoms with Crippen LogP contribution < -0.4 is 5.32 Å². The predicted molar refractivity (Wildman–Crippen MR) is 105 cm³/mol. The third-order valence-electron chi connectivity index (χ3n) is 5.02. The van der Waals surface area contributed by atoms with Crippen LogP contribution in [0.15, 0.2) is 30.3 Å². The molecule has 1 aliphatic heterocycles. The van der Waals surface area contributed by atoms with Crippen molar-refractivity contribution < 1.29 is 27.1 Å². The first kappa shape index (κ1) is 21.9. The summed E-state index contributed by atoms with van der Waals surface area (Å²) in [5, 5.41) is 6.91. The standard InChI is InChI=1S/C21H19F4N5O2/c1-30-17(10-16(29-30)12-2-4-13(22)5-3-12)20(31)26-8-6-18-27-15-7-9-32-11-14(15)19(28-18)21(23,24)25/h2-5,10H,6-9,11H2,1H3,(H,26,31). The number of amides is 1. The van der Waals surface area contributed by atoms with E-state index in [1.54, 1.807) is 25.2 Å². The van der Waals surface area contributed by atoms with E-state index in [4.69, 9.17) is 4.74 Å². The molecule has 1 aromatic carbocycles. The van der Waals surface area contributed by atoms with E-state index in [0.29, 0.717) is 23.6 Å². The molecule has 0 saturated heterocycles. The zero-order valence-electron chi connectivity index (χ0n) is 17.0. The predicted octanol–water partition coefficient (Wildman–Crippen LogP) is 3.08. The molecule has 3 aromatic rings. The summed E-state index contributed by atoms with van der Waals surface area (Å²) >= 11 is 0. The molecule has 168 valence electrons. The van der Waals surface area contributed by atoms with Crippen LogP contribution in [0, 0.1) is 5.82 Å². The summed E-state index contributed by atoms with van der Waals surface area (Å²) in [6, 6.07) is 7.25. The Bertz CT molecular complexity index is 1140. The monoisotopic (exact) mass is 449 g/mol. The molecule has 2 aromatic heterocycles. The molecule has 1 N–H and O–H groups in total. The molecule has 0 bridgehead atoms. The first-order chi connectivity index (χ1) is 15.2. The van der Waals surface area contributed by atoms with E-state index in [-0.39, 0.29) is 48.9 Å². The van der Waals surface area contributed by atoms with Crippen LogP contribution >= 0.6 is 0 Å². The second kappa shape index (κ2) is 8.65. The maximum Gasteiger partial charge on any atom is 0.433 e. The average Bonchev–Trinajstić information content (AvgIpc) is 3.14. The third kappa shape index (κ3) is 4.62. The molecule has 0 atom stereocenters. The number of nitrogens with one attached hydrogen (secondary N) is 1. The van der Waals surface area contributed by atoms with Crippen LogP contribution in [-0.4, -0.2) is 38.8 Å². The van der Waals surface area contributed by atoms with E-state index in [9.17, 15) is 22.4 Å². The van der Waals surface area contributed by atoms with Gasteiger partial charge >= 0.3 is 6.18 Å². The van der Waals surface area contributed by atoms with Gasteiger partial charge in [0.25, 0.3) is 5.91 Å². The maximum atomic E-state index is 13.4. The van der Waals surface area contributed by atoms with Crippen LogP contribution in [-0.2, 0) is 37.4 Å². The summed E-state index contributed by atoms with van der Waals surface area (Å²) in [6.45, 7) is 0.176. The number of rotatable bonds is 5. The van der Waals surface area contributed by atoms with Gasteiger partial charge in [0.1, 0.15) is 17.3 Å². The van der Waals surface area contributed by atoms with E-state index < -0.39 is 17.8 Å². The SMILES string of the molecule is Cn1nc(-c2ccc(F)cc2)cc1C(=O)NCCc1nc2c(c(C(F)(F)F)n1)COCC2. The molecule has 1 aliphatic rings. The minimum Gasteiger partial charge on any atom is -0.376 e. The number of fused-ring (bicyclic) bond motifs is 1. The number of aromatic nitrogens is 4. The summed E-state index contributed by atoms with van der Waals surface area (Å²) in [5.41, 5.74) is 0.706. The molecule has 11 heteroatoms. The van der Waals surface area contributed by atoms with Crippen LogP contribution in [0.2, 0.25) is 0 Å². The smallest absolute Gasteiger partial charge is 0.376 e. The molecule has 7 nitrogen and oxygen atoms in total. The zero-order valence-corrected chi connectivity index (χ0v) is 17.0. The number of hydrogen-bond donors (Lipinski definition) is 1. The van der Waals surface area contributed by atoms with Gasteiger partial charge < -0.3 is 10.1 Å².